The first-order valence-corrected chi connectivity index (χ1v) is 12.3. The predicted molar refractivity (Wildman–Crippen MR) is 132 cm³/mol. The predicted octanol–water partition coefficient (Wildman–Crippen LogP) is 5.35. The SMILES string of the molecule is CCOC(Cc1ccc(OCCN(CCC2CCCC2)C(=O)Nc2ccccc2F)cc1)C(=O)O. The second-order valence-corrected chi connectivity index (χ2v) is 8.81. The number of carbonyl (C=O) groups is 2. The highest BCUT2D eigenvalue weighted by atomic mass is 19.1. The number of carbonyl (C=O) groups excluding carboxylic acids is 1. The zero-order valence-corrected chi connectivity index (χ0v) is 20.2. The summed E-state index contributed by atoms with van der Waals surface area (Å²) in [6.07, 6.45) is 5.17. The van der Waals surface area contributed by atoms with Crippen LogP contribution in [-0.2, 0) is 16.0 Å². The van der Waals surface area contributed by atoms with Crippen LogP contribution in [0.5, 0.6) is 5.75 Å². The van der Waals surface area contributed by atoms with Crippen LogP contribution in [-0.4, -0.2) is 54.4 Å². The molecule has 190 valence electrons. The Bertz CT molecular complexity index is 947. The molecule has 35 heavy (non-hydrogen) atoms. The summed E-state index contributed by atoms with van der Waals surface area (Å²) in [5, 5.41) is 11.9. The average Bonchev–Trinajstić information content (AvgIpc) is 3.37. The number of nitrogens with one attached hydrogen (secondary N) is 1. The first-order chi connectivity index (χ1) is 17.0. The van der Waals surface area contributed by atoms with E-state index in [0.717, 1.165) is 12.0 Å². The van der Waals surface area contributed by atoms with E-state index < -0.39 is 17.9 Å². The molecular formula is C27H35FN2O5. The highest BCUT2D eigenvalue weighted by molar-refractivity contribution is 5.89. The van der Waals surface area contributed by atoms with Crippen molar-refractivity contribution in [3.05, 3.63) is 59.9 Å². The average molecular weight is 487 g/mol. The normalized spacial score (nSPS) is 14.5. The van der Waals surface area contributed by atoms with Gasteiger partial charge in [0.05, 0.1) is 12.2 Å². The lowest BCUT2D eigenvalue weighted by molar-refractivity contribution is -0.149. The number of nitrogens with zero attached hydrogens (tertiary/aromatic N) is 1. The molecule has 0 heterocycles. The summed E-state index contributed by atoms with van der Waals surface area (Å²) in [5.74, 6) is -0.207. The summed E-state index contributed by atoms with van der Waals surface area (Å²) in [6.45, 7) is 3.33. The molecule has 2 aromatic carbocycles. The van der Waals surface area contributed by atoms with Gasteiger partial charge in [-0.15, -0.1) is 0 Å². The van der Waals surface area contributed by atoms with E-state index in [9.17, 15) is 19.1 Å². The van der Waals surface area contributed by atoms with Crippen molar-refractivity contribution in [2.45, 2.75) is 51.6 Å². The number of rotatable bonds is 13. The zero-order valence-electron chi connectivity index (χ0n) is 20.2. The first kappa shape index (κ1) is 26.5. The summed E-state index contributed by atoms with van der Waals surface area (Å²) >= 11 is 0. The molecule has 1 aliphatic carbocycles. The van der Waals surface area contributed by atoms with E-state index >= 15 is 0 Å². The number of hydrogen-bond acceptors (Lipinski definition) is 4. The van der Waals surface area contributed by atoms with Gasteiger partial charge in [0.15, 0.2) is 6.10 Å². The van der Waals surface area contributed by atoms with Gasteiger partial charge < -0.3 is 24.8 Å². The summed E-state index contributed by atoms with van der Waals surface area (Å²) < 4.78 is 25.1. The second-order valence-electron chi connectivity index (χ2n) is 8.81. The third-order valence-corrected chi connectivity index (χ3v) is 6.30. The van der Waals surface area contributed by atoms with Gasteiger partial charge in [-0.2, -0.15) is 0 Å². The van der Waals surface area contributed by atoms with Crippen LogP contribution in [0.2, 0.25) is 0 Å². The van der Waals surface area contributed by atoms with Crippen LogP contribution in [0.25, 0.3) is 0 Å². The highest BCUT2D eigenvalue weighted by Crippen LogP contribution is 2.27. The van der Waals surface area contributed by atoms with E-state index in [1.165, 1.54) is 31.7 Å². The van der Waals surface area contributed by atoms with Crippen molar-refractivity contribution in [3.63, 3.8) is 0 Å². The maximum absolute atomic E-state index is 14.0. The van der Waals surface area contributed by atoms with E-state index in [4.69, 9.17) is 9.47 Å². The number of halogens is 1. The summed E-state index contributed by atoms with van der Waals surface area (Å²) in [4.78, 5) is 25.9. The van der Waals surface area contributed by atoms with Crippen LogP contribution in [0.3, 0.4) is 0 Å². The van der Waals surface area contributed by atoms with Gasteiger partial charge >= 0.3 is 12.0 Å². The molecule has 1 unspecified atom stereocenters. The standard InChI is InChI=1S/C27H35FN2O5/c1-2-34-25(26(31)32)19-21-11-13-22(14-12-21)35-18-17-30(16-15-20-7-3-4-8-20)27(33)29-24-10-6-5-9-23(24)28/h5-6,9-14,20,25H,2-4,7-8,15-19H2,1H3,(H,29,33)(H,31,32). The van der Waals surface area contributed by atoms with Gasteiger partial charge in [-0.05, 0) is 49.1 Å². The van der Waals surface area contributed by atoms with Crippen LogP contribution >= 0.6 is 0 Å². The number of benzene rings is 2. The van der Waals surface area contributed by atoms with E-state index in [1.54, 1.807) is 42.2 Å². The third-order valence-electron chi connectivity index (χ3n) is 6.30. The Hall–Kier alpha value is -3.13. The Morgan fingerprint density at radius 1 is 1.11 bits per heavy atom. The number of amides is 2. The first-order valence-electron chi connectivity index (χ1n) is 12.3. The van der Waals surface area contributed by atoms with Crippen molar-refractivity contribution in [2.75, 3.05) is 31.6 Å². The number of carboxylic acids is 1. The molecule has 1 saturated carbocycles. The topological polar surface area (TPSA) is 88.1 Å². The van der Waals surface area contributed by atoms with Crippen molar-refractivity contribution < 1.29 is 28.6 Å². The van der Waals surface area contributed by atoms with Crippen LogP contribution in [0.1, 0.15) is 44.6 Å². The molecule has 0 bridgehead atoms. The number of urea groups is 1. The summed E-state index contributed by atoms with van der Waals surface area (Å²) in [7, 11) is 0. The number of para-hydroxylation sites is 1. The fourth-order valence-corrected chi connectivity index (χ4v) is 4.34. The zero-order chi connectivity index (χ0) is 25.0. The molecule has 2 aromatic rings. The van der Waals surface area contributed by atoms with Gasteiger partial charge in [0.2, 0.25) is 0 Å². The summed E-state index contributed by atoms with van der Waals surface area (Å²) in [6, 6.07) is 13.0. The number of aliphatic carboxylic acids is 1. The van der Waals surface area contributed by atoms with E-state index in [0.29, 0.717) is 31.4 Å². The molecule has 0 spiro atoms. The second kappa shape index (κ2) is 13.7. The Kier molecular flexibility index (Phi) is 10.3. The van der Waals surface area contributed by atoms with E-state index in [1.807, 2.05) is 12.1 Å². The Labute approximate surface area is 206 Å². The van der Waals surface area contributed by atoms with Crippen molar-refractivity contribution in [3.8, 4) is 5.75 Å². The molecule has 7 nitrogen and oxygen atoms in total. The molecule has 0 radical (unpaired) electrons. The molecular weight excluding hydrogens is 451 g/mol. The van der Waals surface area contributed by atoms with Crippen LogP contribution in [0, 0.1) is 11.7 Å². The van der Waals surface area contributed by atoms with Gasteiger partial charge in [0, 0.05) is 19.6 Å². The Balaban J connectivity index is 1.54. The molecule has 0 saturated heterocycles. The lowest BCUT2D eigenvalue weighted by Crippen LogP contribution is -2.39. The quantitative estimate of drug-likeness (QED) is 0.398. The molecule has 1 fully saturated rings. The lowest BCUT2D eigenvalue weighted by atomic mass is 10.0. The van der Waals surface area contributed by atoms with Crippen LogP contribution in [0.4, 0.5) is 14.9 Å². The molecule has 1 atom stereocenters. The molecule has 0 aliphatic heterocycles. The van der Waals surface area contributed by atoms with Gasteiger partial charge in [0.1, 0.15) is 18.2 Å². The van der Waals surface area contributed by atoms with Gasteiger partial charge in [-0.3, -0.25) is 0 Å². The summed E-state index contributed by atoms with van der Waals surface area (Å²) in [5.41, 5.74) is 0.993. The molecule has 3 rings (SSSR count). The fraction of sp³-hybridized carbons (Fsp3) is 0.481. The van der Waals surface area contributed by atoms with Gasteiger partial charge in [0.25, 0.3) is 0 Å². The molecule has 0 aromatic heterocycles. The smallest absolute Gasteiger partial charge is 0.333 e. The maximum atomic E-state index is 14.0. The maximum Gasteiger partial charge on any atom is 0.333 e. The minimum atomic E-state index is -0.987. The van der Waals surface area contributed by atoms with Crippen LogP contribution in [0.15, 0.2) is 48.5 Å². The Morgan fingerprint density at radius 3 is 2.49 bits per heavy atom. The fourth-order valence-electron chi connectivity index (χ4n) is 4.34. The van der Waals surface area contributed by atoms with Gasteiger partial charge in [-0.1, -0.05) is 49.9 Å². The van der Waals surface area contributed by atoms with E-state index in [2.05, 4.69) is 5.32 Å². The number of anilines is 1. The number of ether oxygens (including phenoxy) is 2. The molecule has 2 N–H and O–H groups in total. The van der Waals surface area contributed by atoms with Crippen molar-refractivity contribution in [1.82, 2.24) is 4.90 Å². The van der Waals surface area contributed by atoms with Gasteiger partial charge in [-0.25, -0.2) is 14.0 Å². The molecule has 8 heteroatoms. The largest absolute Gasteiger partial charge is 0.492 e. The molecule has 2 amide bonds. The monoisotopic (exact) mass is 486 g/mol. The Morgan fingerprint density at radius 2 is 1.83 bits per heavy atom. The minimum absolute atomic E-state index is 0.159. The number of carboxylic acid groups (broad SMARTS) is 1. The van der Waals surface area contributed by atoms with Crippen LogP contribution < -0.4 is 10.1 Å². The lowest BCUT2D eigenvalue weighted by Gasteiger charge is -2.25. The highest BCUT2D eigenvalue weighted by Gasteiger charge is 2.20. The minimum Gasteiger partial charge on any atom is -0.492 e. The van der Waals surface area contributed by atoms with Crippen molar-refractivity contribution in [2.24, 2.45) is 5.92 Å². The van der Waals surface area contributed by atoms with Crippen molar-refractivity contribution in [1.29, 1.82) is 0 Å². The number of hydrogen-bond donors (Lipinski definition) is 2. The van der Waals surface area contributed by atoms with Crippen molar-refractivity contribution >= 4 is 17.7 Å². The third kappa shape index (κ3) is 8.55. The van der Waals surface area contributed by atoms with E-state index in [-0.39, 0.29) is 24.7 Å². The molecule has 1 aliphatic rings.